The Morgan fingerprint density at radius 1 is 1.04 bits per heavy atom. The van der Waals surface area contributed by atoms with Crippen molar-refractivity contribution in [2.75, 3.05) is 13.2 Å². The fourth-order valence-electron chi connectivity index (χ4n) is 3.15. The van der Waals surface area contributed by atoms with Crippen molar-refractivity contribution in [1.29, 1.82) is 0 Å². The molecule has 0 aliphatic carbocycles. The van der Waals surface area contributed by atoms with Gasteiger partial charge in [0.25, 0.3) is 0 Å². The minimum atomic E-state index is -0.693. The van der Waals surface area contributed by atoms with E-state index in [1.807, 2.05) is 12.2 Å². The number of aliphatic carboxylic acids is 1. The summed E-state index contributed by atoms with van der Waals surface area (Å²) >= 11 is 0. The molecular formula is C20H36O5. The van der Waals surface area contributed by atoms with Crippen LogP contribution in [0.5, 0.6) is 0 Å². The molecule has 0 bridgehead atoms. The number of ether oxygens (including phenoxy) is 2. The highest BCUT2D eigenvalue weighted by Gasteiger charge is 2.33. The van der Waals surface area contributed by atoms with Crippen molar-refractivity contribution >= 4 is 5.97 Å². The molecule has 1 heterocycles. The summed E-state index contributed by atoms with van der Waals surface area (Å²) in [6.45, 7) is 3.29. The van der Waals surface area contributed by atoms with Crippen molar-refractivity contribution < 1.29 is 24.5 Å². The molecule has 1 aliphatic heterocycles. The molecule has 1 aliphatic rings. The highest BCUT2D eigenvalue weighted by atomic mass is 16.7. The van der Waals surface area contributed by atoms with Crippen molar-refractivity contribution in [3.05, 3.63) is 12.2 Å². The van der Waals surface area contributed by atoms with Crippen LogP contribution < -0.4 is 0 Å². The minimum absolute atomic E-state index is 0.294. The summed E-state index contributed by atoms with van der Waals surface area (Å²) in [6, 6.07) is 0. The summed E-state index contributed by atoms with van der Waals surface area (Å²) < 4.78 is 11.6. The van der Waals surface area contributed by atoms with Gasteiger partial charge in [0.2, 0.25) is 0 Å². The monoisotopic (exact) mass is 356 g/mol. The molecule has 0 radical (unpaired) electrons. The third kappa shape index (κ3) is 10.6. The van der Waals surface area contributed by atoms with Crippen LogP contribution in [0.1, 0.15) is 84.0 Å². The molecule has 0 amide bonds. The number of hydrogen-bond donors (Lipinski definition) is 2. The second-order valence-electron chi connectivity index (χ2n) is 6.95. The van der Waals surface area contributed by atoms with Crippen LogP contribution in [0.2, 0.25) is 0 Å². The number of unbranched alkanes of at least 4 members (excludes halogenated alkanes) is 7. The zero-order valence-corrected chi connectivity index (χ0v) is 15.8. The Morgan fingerprint density at radius 3 is 2.16 bits per heavy atom. The Morgan fingerprint density at radius 2 is 1.60 bits per heavy atom. The molecule has 5 heteroatoms. The van der Waals surface area contributed by atoms with Gasteiger partial charge in [-0.25, -0.2) is 0 Å². The topological polar surface area (TPSA) is 76.0 Å². The second-order valence-corrected chi connectivity index (χ2v) is 6.95. The van der Waals surface area contributed by atoms with Crippen LogP contribution in [-0.2, 0) is 14.3 Å². The normalized spacial score (nSPS) is 18.0. The van der Waals surface area contributed by atoms with Crippen LogP contribution in [0.4, 0.5) is 0 Å². The lowest BCUT2D eigenvalue weighted by molar-refractivity contribution is -0.137. The first-order valence-corrected chi connectivity index (χ1v) is 9.95. The molecule has 0 unspecified atom stereocenters. The molecule has 1 atom stereocenters. The number of carbonyl (C=O) groups is 1. The maximum absolute atomic E-state index is 10.4. The van der Waals surface area contributed by atoms with Crippen molar-refractivity contribution in [3.8, 4) is 0 Å². The van der Waals surface area contributed by atoms with E-state index in [2.05, 4.69) is 6.92 Å². The lowest BCUT2D eigenvalue weighted by Crippen LogP contribution is -2.27. The summed E-state index contributed by atoms with van der Waals surface area (Å²) in [5, 5.41) is 18.4. The molecular weight excluding hydrogens is 320 g/mol. The average Bonchev–Trinajstić information content (AvgIpc) is 3.04. The molecule has 0 spiro atoms. The van der Waals surface area contributed by atoms with E-state index in [-0.39, 0.29) is 0 Å². The summed E-state index contributed by atoms with van der Waals surface area (Å²) in [5.74, 6) is -1.33. The summed E-state index contributed by atoms with van der Waals surface area (Å²) in [6.07, 6.45) is 14.9. The van der Waals surface area contributed by atoms with Crippen LogP contribution in [-0.4, -0.2) is 41.3 Å². The first-order chi connectivity index (χ1) is 12.1. The fraction of sp³-hybridized carbons (Fsp3) is 0.850. The van der Waals surface area contributed by atoms with E-state index in [0.29, 0.717) is 19.6 Å². The van der Waals surface area contributed by atoms with Crippen LogP contribution in [0.3, 0.4) is 0 Å². The molecule has 1 rings (SSSR count). The number of aliphatic hydroxyl groups is 1. The Balaban J connectivity index is 2.10. The van der Waals surface area contributed by atoms with Crippen LogP contribution in [0.25, 0.3) is 0 Å². The summed E-state index contributed by atoms with van der Waals surface area (Å²) in [7, 11) is 0. The number of carboxylic acid groups (broad SMARTS) is 1. The van der Waals surface area contributed by atoms with Gasteiger partial charge in [-0.2, -0.15) is 0 Å². The van der Waals surface area contributed by atoms with Crippen molar-refractivity contribution in [3.63, 3.8) is 0 Å². The number of hydrogen-bond acceptors (Lipinski definition) is 4. The lowest BCUT2D eigenvalue weighted by atomic mass is 10.0. The van der Waals surface area contributed by atoms with Crippen molar-refractivity contribution in [2.24, 2.45) is 0 Å². The zero-order chi connectivity index (χ0) is 18.4. The molecule has 0 saturated carbocycles. The Kier molecular flexibility index (Phi) is 11.8. The van der Waals surface area contributed by atoms with Crippen LogP contribution >= 0.6 is 0 Å². The lowest BCUT2D eigenvalue weighted by Gasteiger charge is -2.24. The molecule has 25 heavy (non-hydrogen) atoms. The Bertz CT molecular complexity index is 374. The zero-order valence-electron chi connectivity index (χ0n) is 15.8. The van der Waals surface area contributed by atoms with E-state index in [4.69, 9.17) is 14.6 Å². The van der Waals surface area contributed by atoms with E-state index in [0.717, 1.165) is 51.4 Å². The average molecular weight is 357 g/mol. The minimum Gasteiger partial charge on any atom is -0.481 e. The van der Waals surface area contributed by atoms with E-state index >= 15 is 0 Å². The molecule has 0 aromatic carbocycles. The summed E-state index contributed by atoms with van der Waals surface area (Å²) in [4.78, 5) is 10.4. The van der Waals surface area contributed by atoms with Gasteiger partial charge in [-0.3, -0.25) is 4.79 Å². The third-order valence-corrected chi connectivity index (χ3v) is 4.60. The maximum Gasteiger partial charge on any atom is 0.303 e. The number of aliphatic hydroxyl groups excluding tert-OH is 1. The van der Waals surface area contributed by atoms with Gasteiger partial charge in [-0.1, -0.05) is 57.9 Å². The van der Waals surface area contributed by atoms with Gasteiger partial charge < -0.3 is 19.7 Å². The number of rotatable bonds is 15. The van der Waals surface area contributed by atoms with Gasteiger partial charge in [0.1, 0.15) is 0 Å². The third-order valence-electron chi connectivity index (χ3n) is 4.60. The molecule has 5 nitrogen and oxygen atoms in total. The second kappa shape index (κ2) is 13.3. The Hall–Kier alpha value is -0.910. The van der Waals surface area contributed by atoms with Crippen molar-refractivity contribution in [1.82, 2.24) is 0 Å². The predicted molar refractivity (Wildman–Crippen MR) is 98.5 cm³/mol. The van der Waals surface area contributed by atoms with Gasteiger partial charge in [0.05, 0.1) is 19.3 Å². The van der Waals surface area contributed by atoms with E-state index in [1.54, 1.807) is 0 Å². The largest absolute Gasteiger partial charge is 0.481 e. The van der Waals surface area contributed by atoms with Gasteiger partial charge >= 0.3 is 5.97 Å². The summed E-state index contributed by atoms with van der Waals surface area (Å²) in [5.41, 5.74) is 0. The van der Waals surface area contributed by atoms with Gasteiger partial charge in [0.15, 0.2) is 5.79 Å². The number of carboxylic acids is 1. The van der Waals surface area contributed by atoms with Crippen LogP contribution in [0, 0.1) is 0 Å². The van der Waals surface area contributed by atoms with E-state index < -0.39 is 17.9 Å². The van der Waals surface area contributed by atoms with E-state index in [9.17, 15) is 9.90 Å². The molecule has 146 valence electrons. The maximum atomic E-state index is 10.4. The van der Waals surface area contributed by atoms with Crippen LogP contribution in [0.15, 0.2) is 12.2 Å². The molecule has 0 aromatic heterocycles. The first kappa shape index (κ1) is 22.1. The van der Waals surface area contributed by atoms with Gasteiger partial charge in [-0.15, -0.1) is 0 Å². The molecule has 1 fully saturated rings. The molecule has 0 aromatic rings. The smallest absolute Gasteiger partial charge is 0.303 e. The predicted octanol–water partition coefficient (Wildman–Crippen LogP) is 4.43. The fourth-order valence-corrected chi connectivity index (χ4v) is 3.15. The standard InChI is InChI=1S/C20H36O5/c1-2-11-18(21)13-15-20(24-16-17-25-20)14-10-8-6-4-3-5-7-9-12-19(22)23/h13,15,18,21H,2-12,14,16-17H2,1H3,(H,22,23)/b15-13+/t18-/m0/s1. The quantitative estimate of drug-likeness (QED) is 0.335. The van der Waals surface area contributed by atoms with Gasteiger partial charge in [0, 0.05) is 12.8 Å². The SMILES string of the molecule is CCC[C@H](O)/C=C/C1(CCCCCCCCCCC(=O)O)OCCO1. The molecule has 1 saturated heterocycles. The van der Waals surface area contributed by atoms with E-state index in [1.165, 1.54) is 19.3 Å². The van der Waals surface area contributed by atoms with Crippen molar-refractivity contribution in [2.45, 2.75) is 95.9 Å². The Labute approximate surface area is 152 Å². The van der Waals surface area contributed by atoms with Gasteiger partial charge in [-0.05, 0) is 25.3 Å². The first-order valence-electron chi connectivity index (χ1n) is 9.95. The highest BCUT2D eigenvalue weighted by Crippen LogP contribution is 2.28. The highest BCUT2D eigenvalue weighted by molar-refractivity contribution is 5.66. The molecule has 2 N–H and O–H groups in total.